The van der Waals surface area contributed by atoms with Crippen molar-refractivity contribution in [2.75, 3.05) is 49.2 Å². The van der Waals surface area contributed by atoms with Gasteiger partial charge < -0.3 is 41.2 Å². The van der Waals surface area contributed by atoms with Crippen LogP contribution in [0.2, 0.25) is 0 Å². The number of nitrogens with one attached hydrogen (secondary N) is 4. The largest absolute Gasteiger partial charge is 0.476 e. The smallest absolute Gasteiger partial charge is 0.410 e. The number of carbonyl (C=O) groups is 9. The molecule has 3 aromatic carbocycles. The molecule has 8 amide bonds. The quantitative estimate of drug-likeness (QED) is 0.0114. The molecular formula is C74H88N12O15S2. The van der Waals surface area contributed by atoms with Gasteiger partial charge in [0.15, 0.2) is 16.6 Å². The van der Waals surface area contributed by atoms with E-state index in [2.05, 4.69) is 52.0 Å². The lowest BCUT2D eigenvalue weighted by Gasteiger charge is -2.59. The Hall–Kier alpha value is -9.84. The molecule has 10 rings (SSSR count). The maximum absolute atomic E-state index is 13.9. The highest BCUT2D eigenvalue weighted by Crippen LogP contribution is 2.61. The molecule has 6 atom stereocenters. The summed E-state index contributed by atoms with van der Waals surface area (Å²) in [5.74, 6) is -5.22. The number of urea groups is 1. The average molecular weight is 1450 g/mol. The molecule has 4 aromatic heterocycles. The molecule has 5 heterocycles. The van der Waals surface area contributed by atoms with Gasteiger partial charge in [-0.15, -0.1) is 0 Å². The van der Waals surface area contributed by atoms with E-state index >= 15 is 0 Å². The summed E-state index contributed by atoms with van der Waals surface area (Å²) >= 11 is 1.36. The summed E-state index contributed by atoms with van der Waals surface area (Å²) in [7, 11) is -4.52. The molecule has 2 saturated carbocycles. The van der Waals surface area contributed by atoms with Gasteiger partial charge in [0, 0.05) is 109 Å². The molecule has 3 aliphatic rings. The highest BCUT2D eigenvalue weighted by atomic mass is 32.2. The number of carbonyl (C=O) groups excluding carboxylic acids is 8. The minimum atomic E-state index is -4.52. The number of unbranched alkanes of at least 4 members (excludes halogenated alkanes) is 2. The van der Waals surface area contributed by atoms with Crippen LogP contribution in [-0.4, -0.2) is 156 Å². The normalized spacial score (nSPS) is 19.3. The predicted molar refractivity (Wildman–Crippen MR) is 387 cm³/mol. The lowest BCUT2D eigenvalue weighted by atomic mass is 9.50. The summed E-state index contributed by atoms with van der Waals surface area (Å²) in [5, 5.41) is 28.4. The van der Waals surface area contributed by atoms with Gasteiger partial charge in [0.2, 0.25) is 11.8 Å². The number of ether oxygens (including phenoxy) is 2. The number of aromatic nitrogens is 5. The minimum absolute atomic E-state index is 0.00720. The number of nitrogens with zero attached hydrogens (tertiary/aromatic N) is 7. The van der Waals surface area contributed by atoms with Crippen LogP contribution in [0, 0.1) is 35.5 Å². The minimum Gasteiger partial charge on any atom is -0.476 e. The van der Waals surface area contributed by atoms with E-state index in [1.54, 1.807) is 68.7 Å². The molecule has 2 aliphatic carbocycles. The zero-order valence-corrected chi connectivity index (χ0v) is 60.2. The molecule has 0 saturated heterocycles. The highest BCUT2D eigenvalue weighted by Gasteiger charge is 2.55. The molecule has 1 aliphatic heterocycles. The number of carboxylic acids is 1. The van der Waals surface area contributed by atoms with Crippen LogP contribution in [0.4, 0.5) is 20.4 Å². The van der Waals surface area contributed by atoms with E-state index in [9.17, 15) is 61.2 Å². The first kappa shape index (κ1) is 75.8. The van der Waals surface area contributed by atoms with E-state index < -0.39 is 69.9 Å². The number of para-hydroxylation sites is 1. The molecule has 0 spiro atoms. The molecular weight excluding hydrogens is 1360 g/mol. The maximum atomic E-state index is 13.9. The van der Waals surface area contributed by atoms with E-state index in [1.807, 2.05) is 48.0 Å². The zero-order chi connectivity index (χ0) is 74.0. The number of thiazole rings is 1. The van der Waals surface area contributed by atoms with E-state index in [0.29, 0.717) is 106 Å². The van der Waals surface area contributed by atoms with Crippen molar-refractivity contribution in [3.63, 3.8) is 0 Å². The van der Waals surface area contributed by atoms with Crippen LogP contribution >= 0.6 is 11.3 Å². The molecule has 8 N–H and O–H groups in total. The van der Waals surface area contributed by atoms with Crippen molar-refractivity contribution in [3.05, 3.63) is 132 Å². The number of imide groups is 1. The fourth-order valence-electron chi connectivity index (χ4n) is 15.4. The number of pyridine rings is 2. The molecule has 2 fully saturated rings. The molecule has 27 nitrogen and oxygen atoms in total. The number of benzene rings is 3. The van der Waals surface area contributed by atoms with Crippen molar-refractivity contribution in [1.29, 1.82) is 0 Å². The Morgan fingerprint density at radius 1 is 0.854 bits per heavy atom. The van der Waals surface area contributed by atoms with E-state index in [-0.39, 0.29) is 98.1 Å². The molecule has 103 heavy (non-hydrogen) atoms. The number of amides is 8. The van der Waals surface area contributed by atoms with Crippen molar-refractivity contribution in [3.8, 4) is 22.4 Å². The maximum Gasteiger partial charge on any atom is 0.410 e. The molecule has 4 unspecified atom stereocenters. The Balaban J connectivity index is 0.754. The number of fused-ring (bicyclic) bond motifs is 4. The SMILES string of the molecule is Cc1c(-c2ccc(-c3ccc4cncc(C(=O)Nc5nc6ccccc6s5)c4c3)nc2C(=O)O)cnn1CC12CC(C)CC(C)(C1)CC(C)(OCCN(CCS(=O)(=O)O)C(=O)OCc1ccc(NC(=O)[C@H](CCCNC(N)=O)CC(=O)[C@@H](NC(=O)CCCCCN3C(=O)C=CC3=O)C(C)C)cc1)C2. The van der Waals surface area contributed by atoms with Gasteiger partial charge in [-0.1, -0.05) is 81.9 Å². The summed E-state index contributed by atoms with van der Waals surface area (Å²) in [4.78, 5) is 133. The highest BCUT2D eigenvalue weighted by molar-refractivity contribution is 7.85. The van der Waals surface area contributed by atoms with Crippen molar-refractivity contribution in [1.82, 2.24) is 45.2 Å². The molecule has 2 bridgehead atoms. The van der Waals surface area contributed by atoms with E-state index in [4.69, 9.17) is 25.3 Å². The van der Waals surface area contributed by atoms with Crippen LogP contribution in [-0.2, 0) is 56.7 Å². The van der Waals surface area contributed by atoms with Crippen molar-refractivity contribution < 1.29 is 70.7 Å². The Bertz CT molecular complexity index is 4470. The summed E-state index contributed by atoms with van der Waals surface area (Å²) in [6, 6.07) is 21.2. The van der Waals surface area contributed by atoms with Gasteiger partial charge in [-0.25, -0.2) is 24.4 Å². The van der Waals surface area contributed by atoms with Gasteiger partial charge in [0.25, 0.3) is 27.8 Å². The van der Waals surface area contributed by atoms with Crippen LogP contribution in [0.25, 0.3) is 43.4 Å². The molecule has 7 aromatic rings. The Labute approximate surface area is 600 Å². The van der Waals surface area contributed by atoms with Crippen LogP contribution in [0.5, 0.6) is 0 Å². The number of carboxylic acid groups (broad SMARTS) is 1. The second-order valence-electron chi connectivity index (χ2n) is 28.5. The Kier molecular flexibility index (Phi) is 24.0. The standard InChI is InChI=1S/C74H88N12O15S2/c1-45(2)64(82-61(88)16-8-7-11-28-85-62(89)25-26-63(85)90)59(87)34-50(13-12-27-77-69(75)95)66(91)79-52-21-17-48(18-22-52)40-100-71(96)84(30-32-103(97,98)99)29-31-101-73(6)41-72(5)35-46(3)36-74(42-72,43-73)44-86-47(4)55(39-78-86)53-23-24-57(80-65(53)68(93)94)49-19-20-51-37-76-38-56(54(51)33-49)67(92)83-70-81-58-14-9-10-15-60(58)102-70/h9-10,14-15,17-26,33,37-39,45-46,50,64H,7-8,11-13,16,27-32,34-36,40-44H2,1-6H3,(H,79,91)(H,82,88)(H,93,94)(H3,75,77,95)(H,81,83,92)(H,97,98,99)/t46?,50-,64+,72?,73?,74?/m1/s1. The van der Waals surface area contributed by atoms with Crippen molar-refractivity contribution in [2.24, 2.45) is 34.3 Å². The summed E-state index contributed by atoms with van der Waals surface area (Å²) in [6.07, 6.45) is 12.2. The number of nitrogens with two attached hydrogens (primary N) is 1. The number of aromatic carboxylic acids is 1. The third-order valence-corrected chi connectivity index (χ3v) is 21.1. The van der Waals surface area contributed by atoms with Crippen LogP contribution in [0.15, 0.2) is 110 Å². The topological polar surface area (TPSA) is 384 Å². The third-order valence-electron chi connectivity index (χ3n) is 19.4. The van der Waals surface area contributed by atoms with Crippen molar-refractivity contribution in [2.45, 2.75) is 143 Å². The van der Waals surface area contributed by atoms with Crippen LogP contribution < -0.4 is 27.0 Å². The second-order valence-corrected chi connectivity index (χ2v) is 31.1. The number of hydrogen-bond donors (Lipinski definition) is 7. The monoisotopic (exact) mass is 1450 g/mol. The van der Waals surface area contributed by atoms with Crippen molar-refractivity contribution >= 4 is 107 Å². The third kappa shape index (κ3) is 19.7. The number of rotatable bonds is 33. The Morgan fingerprint density at radius 2 is 1.61 bits per heavy atom. The van der Waals surface area contributed by atoms with Crippen LogP contribution in [0.3, 0.4) is 0 Å². The lowest BCUT2D eigenvalue weighted by molar-refractivity contribution is -0.163. The Morgan fingerprint density at radius 3 is 2.33 bits per heavy atom. The first-order valence-electron chi connectivity index (χ1n) is 34.6. The lowest BCUT2D eigenvalue weighted by Crippen LogP contribution is -2.54. The number of primary amides is 1. The number of anilines is 2. The van der Waals surface area contributed by atoms with Gasteiger partial charge >= 0.3 is 18.1 Å². The average Bonchev–Trinajstić information content (AvgIpc) is 1.64. The first-order valence-corrected chi connectivity index (χ1v) is 37.0. The van der Waals surface area contributed by atoms with Crippen LogP contribution in [0.1, 0.15) is 144 Å². The van der Waals surface area contributed by atoms with Gasteiger partial charge in [0.1, 0.15) is 6.61 Å². The van der Waals surface area contributed by atoms with E-state index in [0.717, 1.165) is 40.1 Å². The second kappa shape index (κ2) is 32.6. The number of hydrogen-bond acceptors (Lipinski definition) is 18. The molecule has 546 valence electrons. The summed E-state index contributed by atoms with van der Waals surface area (Å²) < 4.78 is 49.4. The first-order chi connectivity index (χ1) is 48.9. The fourth-order valence-corrected chi connectivity index (χ4v) is 16.7. The van der Waals surface area contributed by atoms with Gasteiger partial charge in [-0.3, -0.25) is 53.2 Å². The predicted octanol–water partition coefficient (Wildman–Crippen LogP) is 10.5. The van der Waals surface area contributed by atoms with Gasteiger partial charge in [-0.05, 0) is 148 Å². The van der Waals surface area contributed by atoms with E-state index in [1.165, 1.54) is 34.6 Å². The molecule has 0 radical (unpaired) electrons. The number of ketones is 1. The number of Topliss-reactive ketones (excluding diaryl/α,β-unsaturated/α-hetero) is 1. The summed E-state index contributed by atoms with van der Waals surface area (Å²) in [6.45, 7) is 12.1. The fraction of sp³-hybridized carbons (Fsp3) is 0.446. The summed E-state index contributed by atoms with van der Waals surface area (Å²) in [5.41, 5.74) is 8.50. The zero-order valence-electron chi connectivity index (χ0n) is 58.6. The van der Waals surface area contributed by atoms with Gasteiger partial charge in [-0.2, -0.15) is 13.5 Å². The van der Waals surface area contributed by atoms with Gasteiger partial charge in [0.05, 0.1) is 51.7 Å². The molecule has 29 heteroatoms.